The van der Waals surface area contributed by atoms with Crippen LogP contribution in [-0.2, 0) is 17.6 Å². The second kappa shape index (κ2) is 9.04. The van der Waals surface area contributed by atoms with E-state index in [1.807, 2.05) is 24.3 Å². The van der Waals surface area contributed by atoms with Crippen LogP contribution in [0.15, 0.2) is 66.7 Å². The number of fused-ring (bicyclic) bond motifs is 1. The summed E-state index contributed by atoms with van der Waals surface area (Å²) in [6.07, 6.45) is 3.18. The van der Waals surface area contributed by atoms with E-state index >= 15 is 0 Å². The van der Waals surface area contributed by atoms with Crippen molar-refractivity contribution in [3.63, 3.8) is 0 Å². The van der Waals surface area contributed by atoms with Gasteiger partial charge in [0.2, 0.25) is 5.91 Å². The normalized spacial score (nSPS) is 10.7. The first-order valence-corrected chi connectivity index (χ1v) is 9.12. The van der Waals surface area contributed by atoms with E-state index in [-0.39, 0.29) is 5.91 Å². The van der Waals surface area contributed by atoms with Crippen LogP contribution < -0.4 is 10.1 Å². The molecule has 0 heterocycles. The van der Waals surface area contributed by atoms with Gasteiger partial charge in [-0.25, -0.2) is 0 Å². The lowest BCUT2D eigenvalue weighted by Gasteiger charge is -2.08. The molecule has 0 radical (unpaired) electrons. The Kier molecular flexibility index (Phi) is 6.26. The number of benzene rings is 3. The predicted octanol–water partition coefficient (Wildman–Crippen LogP) is 4.53. The van der Waals surface area contributed by atoms with Gasteiger partial charge in [-0.3, -0.25) is 4.79 Å². The Bertz CT molecular complexity index is 850. The van der Waals surface area contributed by atoms with E-state index in [1.54, 1.807) is 7.11 Å². The predicted molar refractivity (Wildman–Crippen MR) is 107 cm³/mol. The molecular formula is C23H25NO2. The Labute approximate surface area is 155 Å². The summed E-state index contributed by atoms with van der Waals surface area (Å²) in [7, 11) is 1.65. The summed E-state index contributed by atoms with van der Waals surface area (Å²) in [6.45, 7) is 0.713. The number of hydrogen-bond acceptors (Lipinski definition) is 2. The van der Waals surface area contributed by atoms with Gasteiger partial charge in [0.15, 0.2) is 0 Å². The van der Waals surface area contributed by atoms with Crippen LogP contribution in [0.3, 0.4) is 0 Å². The van der Waals surface area contributed by atoms with E-state index in [4.69, 9.17) is 4.74 Å². The second-order valence-electron chi connectivity index (χ2n) is 6.44. The summed E-state index contributed by atoms with van der Waals surface area (Å²) in [5.74, 6) is 0.949. The zero-order chi connectivity index (χ0) is 18.2. The second-order valence-corrected chi connectivity index (χ2v) is 6.44. The molecule has 0 bridgehead atoms. The highest BCUT2D eigenvalue weighted by molar-refractivity contribution is 5.85. The molecule has 3 aromatic rings. The van der Waals surface area contributed by atoms with Crippen LogP contribution in [-0.4, -0.2) is 19.6 Å². The fourth-order valence-corrected chi connectivity index (χ4v) is 3.16. The van der Waals surface area contributed by atoms with Crippen molar-refractivity contribution in [1.29, 1.82) is 0 Å². The van der Waals surface area contributed by atoms with Gasteiger partial charge in [-0.1, -0.05) is 54.6 Å². The summed E-state index contributed by atoms with van der Waals surface area (Å²) in [4.78, 5) is 12.0. The Morgan fingerprint density at radius 2 is 1.69 bits per heavy atom. The molecule has 0 atom stereocenters. The number of aryl methyl sites for hydroxylation is 2. The van der Waals surface area contributed by atoms with Crippen molar-refractivity contribution in [3.05, 3.63) is 77.9 Å². The molecule has 0 aliphatic carbocycles. The average Bonchev–Trinajstić information content (AvgIpc) is 2.70. The zero-order valence-corrected chi connectivity index (χ0v) is 15.2. The lowest BCUT2D eigenvalue weighted by molar-refractivity contribution is -0.121. The maximum absolute atomic E-state index is 12.0. The van der Waals surface area contributed by atoms with Gasteiger partial charge in [0.1, 0.15) is 5.75 Å². The minimum Gasteiger partial charge on any atom is -0.497 e. The molecule has 134 valence electrons. The Morgan fingerprint density at radius 1 is 0.923 bits per heavy atom. The summed E-state index contributed by atoms with van der Waals surface area (Å²) < 4.78 is 5.14. The molecule has 0 saturated carbocycles. The average molecular weight is 347 g/mol. The highest BCUT2D eigenvalue weighted by Gasteiger charge is 2.04. The van der Waals surface area contributed by atoms with Crippen LogP contribution in [0.5, 0.6) is 5.75 Å². The third-order valence-corrected chi connectivity index (χ3v) is 4.62. The summed E-state index contributed by atoms with van der Waals surface area (Å²) >= 11 is 0. The molecule has 1 amide bonds. The molecule has 0 aliphatic heterocycles. The number of carbonyl (C=O) groups is 1. The molecule has 3 nitrogen and oxygen atoms in total. The lowest BCUT2D eigenvalue weighted by atomic mass is 10.0. The van der Waals surface area contributed by atoms with Gasteiger partial charge in [0.05, 0.1) is 7.11 Å². The van der Waals surface area contributed by atoms with Crippen LogP contribution in [0.1, 0.15) is 24.0 Å². The summed E-state index contributed by atoms with van der Waals surface area (Å²) in [6, 6.07) is 22.7. The van der Waals surface area contributed by atoms with E-state index in [9.17, 15) is 4.79 Å². The third kappa shape index (κ3) is 4.85. The molecule has 3 aromatic carbocycles. The van der Waals surface area contributed by atoms with Gasteiger partial charge in [-0.05, 0) is 53.3 Å². The van der Waals surface area contributed by atoms with Gasteiger partial charge in [-0.15, -0.1) is 0 Å². The van der Waals surface area contributed by atoms with Gasteiger partial charge in [0, 0.05) is 13.0 Å². The molecule has 3 rings (SSSR count). The van der Waals surface area contributed by atoms with Crippen molar-refractivity contribution in [2.75, 3.05) is 13.7 Å². The van der Waals surface area contributed by atoms with E-state index in [1.165, 1.54) is 16.3 Å². The SMILES string of the molecule is COc1ccc(CCC(=O)NCCCc2cccc3ccccc23)cc1. The molecule has 0 unspecified atom stereocenters. The molecule has 0 spiro atoms. The first-order chi connectivity index (χ1) is 12.8. The van der Waals surface area contributed by atoms with Crippen LogP contribution >= 0.6 is 0 Å². The molecule has 3 heteroatoms. The maximum atomic E-state index is 12.0. The number of carbonyl (C=O) groups excluding carboxylic acids is 1. The third-order valence-electron chi connectivity index (χ3n) is 4.62. The van der Waals surface area contributed by atoms with E-state index < -0.39 is 0 Å². The molecule has 0 fully saturated rings. The van der Waals surface area contributed by atoms with Crippen molar-refractivity contribution < 1.29 is 9.53 Å². The molecule has 1 N–H and O–H groups in total. The van der Waals surface area contributed by atoms with Crippen LogP contribution in [0, 0.1) is 0 Å². The van der Waals surface area contributed by atoms with Crippen molar-refractivity contribution in [2.24, 2.45) is 0 Å². The number of rotatable bonds is 8. The lowest BCUT2D eigenvalue weighted by Crippen LogP contribution is -2.25. The van der Waals surface area contributed by atoms with Crippen molar-refractivity contribution in [2.45, 2.75) is 25.7 Å². The maximum Gasteiger partial charge on any atom is 0.220 e. The molecule has 26 heavy (non-hydrogen) atoms. The minimum absolute atomic E-state index is 0.110. The quantitative estimate of drug-likeness (QED) is 0.608. The Balaban J connectivity index is 1.40. The first kappa shape index (κ1) is 18.0. The highest BCUT2D eigenvalue weighted by atomic mass is 16.5. The van der Waals surface area contributed by atoms with Crippen molar-refractivity contribution in [1.82, 2.24) is 5.32 Å². The minimum atomic E-state index is 0.110. The Hall–Kier alpha value is -2.81. The number of amides is 1. The number of nitrogens with one attached hydrogen (secondary N) is 1. The van der Waals surface area contributed by atoms with Crippen LogP contribution in [0.2, 0.25) is 0 Å². The summed E-state index contributed by atoms with van der Waals surface area (Å²) in [5.41, 5.74) is 2.49. The van der Waals surface area contributed by atoms with Gasteiger partial charge in [0.25, 0.3) is 0 Å². The molecule has 0 aliphatic rings. The molecule has 0 saturated heterocycles. The van der Waals surface area contributed by atoms with Gasteiger partial charge >= 0.3 is 0 Å². The standard InChI is InChI=1S/C23H25NO2/c1-26-21-14-11-18(12-15-21)13-16-23(25)24-17-5-9-20-8-4-7-19-6-2-3-10-22(19)20/h2-4,6-8,10-12,14-15H,5,9,13,16-17H2,1H3,(H,24,25). The largest absolute Gasteiger partial charge is 0.497 e. The molecular weight excluding hydrogens is 322 g/mol. The topological polar surface area (TPSA) is 38.3 Å². The number of methoxy groups -OCH3 is 1. The molecule has 0 aromatic heterocycles. The van der Waals surface area contributed by atoms with Gasteiger partial charge < -0.3 is 10.1 Å². The monoisotopic (exact) mass is 347 g/mol. The number of ether oxygens (including phenoxy) is 1. The van der Waals surface area contributed by atoms with E-state index in [2.05, 4.69) is 47.8 Å². The van der Waals surface area contributed by atoms with Crippen LogP contribution in [0.4, 0.5) is 0 Å². The van der Waals surface area contributed by atoms with Crippen molar-refractivity contribution >= 4 is 16.7 Å². The van der Waals surface area contributed by atoms with E-state index in [0.717, 1.165) is 30.6 Å². The van der Waals surface area contributed by atoms with Crippen molar-refractivity contribution in [3.8, 4) is 5.75 Å². The Morgan fingerprint density at radius 3 is 2.50 bits per heavy atom. The highest BCUT2D eigenvalue weighted by Crippen LogP contribution is 2.19. The van der Waals surface area contributed by atoms with Gasteiger partial charge in [-0.2, -0.15) is 0 Å². The first-order valence-electron chi connectivity index (χ1n) is 9.12. The fourth-order valence-electron chi connectivity index (χ4n) is 3.16. The van der Waals surface area contributed by atoms with Crippen LogP contribution in [0.25, 0.3) is 10.8 Å². The summed E-state index contributed by atoms with van der Waals surface area (Å²) in [5, 5.41) is 5.61. The fraction of sp³-hybridized carbons (Fsp3) is 0.261. The van der Waals surface area contributed by atoms with E-state index in [0.29, 0.717) is 13.0 Å². The zero-order valence-electron chi connectivity index (χ0n) is 15.2. The smallest absolute Gasteiger partial charge is 0.220 e. The number of hydrogen-bond donors (Lipinski definition) is 1.